The Hall–Kier alpha value is -0.620. The van der Waals surface area contributed by atoms with Crippen molar-refractivity contribution in [2.45, 2.75) is 0 Å². The molecule has 0 fully saturated rings. The molecule has 0 heterocycles. The van der Waals surface area contributed by atoms with Crippen LogP contribution in [-0.4, -0.2) is 0 Å². The number of halogens is 1. The lowest BCUT2D eigenvalue weighted by molar-refractivity contribution is 1.61. The molecular formula is C7H6Cl+. The minimum absolute atomic E-state index is 0.748. The second-order valence-electron chi connectivity index (χ2n) is 1.63. The van der Waals surface area contributed by atoms with Crippen molar-refractivity contribution in [3.8, 4) is 0 Å². The highest BCUT2D eigenvalue weighted by atomic mass is 35.5. The summed E-state index contributed by atoms with van der Waals surface area (Å²) in [5.41, 5.74) is 0.956. The summed E-state index contributed by atoms with van der Waals surface area (Å²) in [6.45, 7) is 3.70. The average Bonchev–Trinajstić information content (AvgIpc) is 1.64. The van der Waals surface area contributed by atoms with E-state index in [9.17, 15) is 0 Å². The van der Waals surface area contributed by atoms with Gasteiger partial charge in [0.2, 0.25) is 0 Å². The molecule has 1 heteroatoms. The lowest BCUT2D eigenvalue weighted by Gasteiger charge is -1.79. The zero-order valence-electron chi connectivity index (χ0n) is 4.39. The Balaban J connectivity index is 3.08. The summed E-state index contributed by atoms with van der Waals surface area (Å²) in [4.78, 5) is 0. The van der Waals surface area contributed by atoms with Gasteiger partial charge < -0.3 is 0 Å². The van der Waals surface area contributed by atoms with Crippen LogP contribution in [0.15, 0.2) is 24.3 Å². The highest BCUT2D eigenvalue weighted by Crippen LogP contribution is 2.08. The largest absolute Gasteiger partial charge is 0.128 e. The Bertz CT molecular complexity index is 164. The molecule has 0 bridgehead atoms. The maximum Gasteiger partial charge on any atom is 0.128 e. The van der Waals surface area contributed by atoms with Crippen LogP contribution in [0.2, 0.25) is 5.02 Å². The molecule has 0 nitrogen and oxygen atoms in total. The standard InChI is InChI=1S/C7H6Cl/c1-6-3-2-4-7(8)5-6/h2-5H,1H2/q+1. The maximum absolute atomic E-state index is 5.60. The van der Waals surface area contributed by atoms with E-state index >= 15 is 0 Å². The summed E-state index contributed by atoms with van der Waals surface area (Å²) in [5.74, 6) is 0. The van der Waals surface area contributed by atoms with Gasteiger partial charge in [0, 0.05) is 13.0 Å². The summed E-state index contributed by atoms with van der Waals surface area (Å²) < 4.78 is 0. The first-order chi connectivity index (χ1) is 3.79. The van der Waals surface area contributed by atoms with Crippen molar-refractivity contribution in [1.29, 1.82) is 0 Å². The molecule has 0 aliphatic carbocycles. The van der Waals surface area contributed by atoms with Crippen LogP contribution in [0.4, 0.5) is 0 Å². The summed E-state index contributed by atoms with van der Waals surface area (Å²) in [5, 5.41) is 0.748. The zero-order valence-corrected chi connectivity index (χ0v) is 5.15. The van der Waals surface area contributed by atoms with E-state index in [1.807, 2.05) is 24.3 Å². The molecular weight excluding hydrogens is 120 g/mol. The second-order valence-corrected chi connectivity index (χ2v) is 2.07. The van der Waals surface area contributed by atoms with Gasteiger partial charge in [-0.2, -0.15) is 0 Å². The van der Waals surface area contributed by atoms with Crippen molar-refractivity contribution in [2.75, 3.05) is 0 Å². The van der Waals surface area contributed by atoms with Crippen LogP contribution in [0.25, 0.3) is 0 Å². The second kappa shape index (κ2) is 2.10. The van der Waals surface area contributed by atoms with E-state index in [0.717, 1.165) is 10.6 Å². The van der Waals surface area contributed by atoms with E-state index in [2.05, 4.69) is 6.92 Å². The molecule has 1 rings (SSSR count). The van der Waals surface area contributed by atoms with Crippen LogP contribution in [0, 0.1) is 6.92 Å². The predicted molar refractivity (Wildman–Crippen MR) is 35.9 cm³/mol. The molecule has 8 heavy (non-hydrogen) atoms. The number of hydrogen-bond donors (Lipinski definition) is 0. The molecule has 0 amide bonds. The Morgan fingerprint density at radius 1 is 1.38 bits per heavy atom. The first-order valence-corrected chi connectivity index (χ1v) is 2.74. The van der Waals surface area contributed by atoms with Crippen molar-refractivity contribution in [1.82, 2.24) is 0 Å². The van der Waals surface area contributed by atoms with Gasteiger partial charge >= 0.3 is 0 Å². The van der Waals surface area contributed by atoms with E-state index < -0.39 is 0 Å². The van der Waals surface area contributed by atoms with Gasteiger partial charge in [0.25, 0.3) is 0 Å². The maximum atomic E-state index is 5.60. The summed E-state index contributed by atoms with van der Waals surface area (Å²) >= 11 is 5.60. The van der Waals surface area contributed by atoms with Gasteiger partial charge in [-0.25, -0.2) is 0 Å². The first-order valence-electron chi connectivity index (χ1n) is 2.36. The minimum Gasteiger partial charge on any atom is -0.0682 e. The first kappa shape index (κ1) is 5.52. The van der Waals surface area contributed by atoms with Gasteiger partial charge in [-0.3, -0.25) is 0 Å². The molecule has 1 aromatic rings. The quantitative estimate of drug-likeness (QED) is 0.468. The van der Waals surface area contributed by atoms with E-state index in [4.69, 9.17) is 11.6 Å². The zero-order chi connectivity index (χ0) is 5.98. The predicted octanol–water partition coefficient (Wildman–Crippen LogP) is 2.52. The molecule has 0 unspecified atom stereocenters. The Morgan fingerprint density at radius 2 is 2.12 bits per heavy atom. The van der Waals surface area contributed by atoms with Crippen molar-refractivity contribution < 1.29 is 0 Å². The molecule has 1 aromatic carbocycles. The average molecular weight is 126 g/mol. The SMILES string of the molecule is [CH2+]c1cccc(Cl)c1. The number of rotatable bonds is 0. The fourth-order valence-electron chi connectivity index (χ4n) is 0.537. The topological polar surface area (TPSA) is 0 Å². The third-order valence-corrected chi connectivity index (χ3v) is 1.12. The van der Waals surface area contributed by atoms with Crippen LogP contribution < -0.4 is 0 Å². The van der Waals surface area contributed by atoms with E-state index in [1.165, 1.54) is 0 Å². The molecule has 0 saturated heterocycles. The normalized spacial score (nSPS) is 9.12. The number of benzene rings is 1. The smallest absolute Gasteiger partial charge is 0.0682 e. The van der Waals surface area contributed by atoms with Crippen LogP contribution in [0.5, 0.6) is 0 Å². The third-order valence-electron chi connectivity index (χ3n) is 0.889. The molecule has 0 radical (unpaired) electrons. The highest BCUT2D eigenvalue weighted by molar-refractivity contribution is 6.30. The van der Waals surface area contributed by atoms with Crippen molar-refractivity contribution >= 4 is 11.6 Å². The molecule has 0 aliphatic rings. The minimum atomic E-state index is 0.748. The van der Waals surface area contributed by atoms with E-state index in [0.29, 0.717) is 0 Å². The summed E-state index contributed by atoms with van der Waals surface area (Å²) in [7, 11) is 0. The summed E-state index contributed by atoms with van der Waals surface area (Å²) in [6.07, 6.45) is 0. The Kier molecular flexibility index (Phi) is 1.45. The van der Waals surface area contributed by atoms with Crippen molar-refractivity contribution in [3.05, 3.63) is 41.8 Å². The van der Waals surface area contributed by atoms with Crippen molar-refractivity contribution in [3.63, 3.8) is 0 Å². The fourth-order valence-corrected chi connectivity index (χ4v) is 0.750. The lowest BCUT2D eigenvalue weighted by atomic mass is 10.2. The molecule has 0 spiro atoms. The Labute approximate surface area is 54.1 Å². The third kappa shape index (κ3) is 1.17. The molecule has 0 aliphatic heterocycles. The molecule has 0 atom stereocenters. The Morgan fingerprint density at radius 3 is 2.50 bits per heavy atom. The van der Waals surface area contributed by atoms with Gasteiger partial charge in [-0.05, 0) is 12.1 Å². The van der Waals surface area contributed by atoms with Gasteiger partial charge in [-0.15, -0.1) is 0 Å². The van der Waals surface area contributed by atoms with Crippen LogP contribution in [0.3, 0.4) is 0 Å². The van der Waals surface area contributed by atoms with Crippen LogP contribution in [0.1, 0.15) is 5.56 Å². The molecule has 0 N–H and O–H groups in total. The number of hydrogen-bond acceptors (Lipinski definition) is 0. The van der Waals surface area contributed by atoms with Gasteiger partial charge in [0.1, 0.15) is 5.56 Å². The van der Waals surface area contributed by atoms with Gasteiger partial charge in [0.05, 0.1) is 11.1 Å². The molecule has 40 valence electrons. The molecule has 0 aromatic heterocycles. The van der Waals surface area contributed by atoms with Crippen molar-refractivity contribution in [2.24, 2.45) is 0 Å². The van der Waals surface area contributed by atoms with Crippen LogP contribution >= 0.6 is 11.6 Å². The van der Waals surface area contributed by atoms with E-state index in [-0.39, 0.29) is 0 Å². The highest BCUT2D eigenvalue weighted by Gasteiger charge is 1.91. The van der Waals surface area contributed by atoms with Gasteiger partial charge in [0.15, 0.2) is 0 Å². The fraction of sp³-hybridized carbons (Fsp3) is 0. The monoisotopic (exact) mass is 125 g/mol. The molecule has 0 saturated carbocycles. The lowest BCUT2D eigenvalue weighted by Crippen LogP contribution is -1.66. The summed E-state index contributed by atoms with van der Waals surface area (Å²) in [6, 6.07) is 7.44. The van der Waals surface area contributed by atoms with E-state index in [1.54, 1.807) is 0 Å². The van der Waals surface area contributed by atoms with Gasteiger partial charge in [-0.1, -0.05) is 11.6 Å². The van der Waals surface area contributed by atoms with Crippen LogP contribution in [-0.2, 0) is 0 Å².